The summed E-state index contributed by atoms with van der Waals surface area (Å²) in [6, 6.07) is 8.54. The number of nitrogens with zero attached hydrogens (tertiary/aromatic N) is 2. The molecule has 0 aliphatic rings. The molecular weight excluding hydrogens is 352 g/mol. The van der Waals surface area contributed by atoms with Gasteiger partial charge in [-0.1, -0.05) is 32.9 Å². The van der Waals surface area contributed by atoms with Crippen molar-refractivity contribution in [2.24, 2.45) is 4.99 Å². The van der Waals surface area contributed by atoms with Gasteiger partial charge < -0.3 is 19.4 Å². The summed E-state index contributed by atoms with van der Waals surface area (Å²) in [6.45, 7) is 6.21. The van der Waals surface area contributed by atoms with Crippen molar-refractivity contribution >= 4 is 22.6 Å². The number of furan rings is 1. The van der Waals surface area contributed by atoms with E-state index in [1.807, 2.05) is 13.0 Å². The quantitative estimate of drug-likeness (QED) is 0.439. The number of para-hydroxylation sites is 2. The van der Waals surface area contributed by atoms with E-state index in [1.54, 1.807) is 30.5 Å². The molecular formula is C18H22N4O3S. The minimum atomic E-state index is -1.61. The van der Waals surface area contributed by atoms with Crippen molar-refractivity contribution in [3.05, 3.63) is 53.4 Å². The van der Waals surface area contributed by atoms with Gasteiger partial charge in [-0.05, 0) is 36.1 Å². The molecule has 1 aromatic carbocycles. The van der Waals surface area contributed by atoms with Crippen LogP contribution < -0.4 is 10.8 Å². The van der Waals surface area contributed by atoms with Gasteiger partial charge in [-0.2, -0.15) is 0 Å². The molecule has 0 radical (unpaired) electrons. The van der Waals surface area contributed by atoms with Crippen molar-refractivity contribution in [2.75, 3.05) is 5.32 Å². The highest BCUT2D eigenvalue weighted by Crippen LogP contribution is 2.27. The second-order valence-corrected chi connectivity index (χ2v) is 7.16. The summed E-state index contributed by atoms with van der Waals surface area (Å²) in [6.07, 6.45) is 2.46. The van der Waals surface area contributed by atoms with Gasteiger partial charge in [0.15, 0.2) is 11.1 Å². The van der Waals surface area contributed by atoms with Crippen LogP contribution in [0.3, 0.4) is 0 Å². The average molecular weight is 374 g/mol. The van der Waals surface area contributed by atoms with E-state index in [4.69, 9.17) is 4.42 Å². The Kier molecular flexibility index (Phi) is 5.43. The standard InChI is InChI=1S/C18H22N4O3S/c1-4-13(16-9-12(10-25-16)11(2)3)19-17-18(22-26(24)21-17)20-14-7-5-6-8-15(14)23/h5-11,13,23H,4H2,1-3H3,(H,19,21)(H,20,22)/t13-,26?/m1/s1. The van der Waals surface area contributed by atoms with Crippen LogP contribution in [0.2, 0.25) is 0 Å². The highest BCUT2D eigenvalue weighted by molar-refractivity contribution is 7.13. The predicted molar refractivity (Wildman–Crippen MR) is 100 cm³/mol. The molecule has 8 heteroatoms. The maximum atomic E-state index is 11.8. The Hall–Kier alpha value is -2.58. The molecule has 3 aromatic rings. The predicted octanol–water partition coefficient (Wildman–Crippen LogP) is 4.35. The van der Waals surface area contributed by atoms with Crippen molar-refractivity contribution in [1.29, 1.82) is 0 Å². The monoisotopic (exact) mass is 374 g/mol. The zero-order valence-electron chi connectivity index (χ0n) is 14.9. The van der Waals surface area contributed by atoms with Gasteiger partial charge >= 0.3 is 0 Å². The number of phenolic OH excluding ortho intramolecular Hbond substituents is 1. The second kappa shape index (κ2) is 7.76. The molecule has 0 bridgehead atoms. The molecule has 0 aliphatic heterocycles. The summed E-state index contributed by atoms with van der Waals surface area (Å²) in [5.74, 6) is 1.52. The topological polar surface area (TPSA) is 110 Å². The molecule has 3 N–H and O–H groups in total. The summed E-state index contributed by atoms with van der Waals surface area (Å²) >= 11 is -1.61. The summed E-state index contributed by atoms with van der Waals surface area (Å²) in [5, 5.41) is 12.9. The molecule has 7 nitrogen and oxygen atoms in total. The van der Waals surface area contributed by atoms with Crippen LogP contribution in [0.4, 0.5) is 11.5 Å². The Morgan fingerprint density at radius 1 is 1.38 bits per heavy atom. The maximum Gasteiger partial charge on any atom is 0.236 e. The van der Waals surface area contributed by atoms with E-state index < -0.39 is 11.1 Å². The van der Waals surface area contributed by atoms with Crippen molar-refractivity contribution in [2.45, 2.75) is 39.2 Å². The van der Waals surface area contributed by atoms with Crippen LogP contribution in [0, 0.1) is 0 Å². The molecule has 138 valence electrons. The van der Waals surface area contributed by atoms with Crippen molar-refractivity contribution in [3.63, 3.8) is 0 Å². The number of aromatic nitrogens is 2. The zero-order valence-corrected chi connectivity index (χ0v) is 15.7. The van der Waals surface area contributed by atoms with Gasteiger partial charge in [0.05, 0.1) is 12.0 Å². The molecule has 0 spiro atoms. The van der Waals surface area contributed by atoms with Crippen molar-refractivity contribution < 1.29 is 14.1 Å². The van der Waals surface area contributed by atoms with Crippen LogP contribution in [0.15, 0.2) is 46.0 Å². The first-order valence-electron chi connectivity index (χ1n) is 8.46. The van der Waals surface area contributed by atoms with Crippen molar-refractivity contribution in [3.8, 4) is 5.75 Å². The van der Waals surface area contributed by atoms with E-state index in [-0.39, 0.29) is 11.8 Å². The molecule has 0 saturated heterocycles. The lowest BCUT2D eigenvalue weighted by atomic mass is 10.1. The summed E-state index contributed by atoms with van der Waals surface area (Å²) in [4.78, 5) is 4.64. The minimum absolute atomic E-state index is 0.0758. The fourth-order valence-electron chi connectivity index (χ4n) is 2.51. The van der Waals surface area contributed by atoms with Gasteiger partial charge in [0, 0.05) is 4.37 Å². The number of hydrogen-bond acceptors (Lipinski definition) is 6. The van der Waals surface area contributed by atoms with Crippen LogP contribution >= 0.6 is 11.1 Å². The average Bonchev–Trinajstić information content (AvgIpc) is 3.22. The third kappa shape index (κ3) is 3.97. The lowest BCUT2D eigenvalue weighted by Gasteiger charge is -2.06. The van der Waals surface area contributed by atoms with E-state index >= 15 is 0 Å². The van der Waals surface area contributed by atoms with Crippen LogP contribution in [-0.2, 0) is 0 Å². The third-order valence-electron chi connectivity index (χ3n) is 4.05. The molecule has 2 aromatic heterocycles. The molecule has 0 aliphatic carbocycles. The summed E-state index contributed by atoms with van der Waals surface area (Å²) < 4.78 is 24.3. The van der Waals surface area contributed by atoms with Crippen LogP contribution in [0.1, 0.15) is 50.5 Å². The zero-order chi connectivity index (χ0) is 18.7. The van der Waals surface area contributed by atoms with E-state index in [1.165, 1.54) is 0 Å². The molecule has 0 fully saturated rings. The Bertz CT molecular complexity index is 942. The number of nitrogens with one attached hydrogen (secondary N) is 2. The van der Waals surface area contributed by atoms with Crippen molar-refractivity contribution in [1.82, 2.24) is 8.75 Å². The number of anilines is 2. The van der Waals surface area contributed by atoms with Gasteiger partial charge in [0.25, 0.3) is 0 Å². The molecule has 1 unspecified atom stereocenters. The van der Waals surface area contributed by atoms with E-state index in [0.29, 0.717) is 29.3 Å². The largest absolute Gasteiger partial charge is 0.548 e. The van der Waals surface area contributed by atoms with Crippen LogP contribution in [0.25, 0.3) is 0 Å². The first kappa shape index (κ1) is 18.2. The smallest absolute Gasteiger partial charge is 0.236 e. The number of aromatic hydroxyl groups is 1. The Morgan fingerprint density at radius 3 is 2.81 bits per heavy atom. The number of phenols is 1. The number of hydrogen-bond donors (Lipinski definition) is 3. The molecule has 2 atom stereocenters. The number of aromatic amines is 1. The van der Waals surface area contributed by atoms with Gasteiger partial charge in [0.2, 0.25) is 11.3 Å². The first-order chi connectivity index (χ1) is 12.5. The normalized spacial score (nSPS) is 14.0. The number of benzene rings is 1. The van der Waals surface area contributed by atoms with E-state index in [9.17, 15) is 9.66 Å². The highest BCUT2D eigenvalue weighted by Gasteiger charge is 2.17. The SMILES string of the molecule is CC[C@@H](N=c1[nH][s+]([O-])nc1Nc1ccccc1O)c1cc(C(C)C)co1. The number of rotatable bonds is 6. The van der Waals surface area contributed by atoms with Gasteiger partial charge in [-0.15, -0.1) is 4.37 Å². The second-order valence-electron chi connectivity index (χ2n) is 6.27. The Labute approximate surface area is 154 Å². The fraction of sp³-hybridized carbons (Fsp3) is 0.333. The molecule has 0 amide bonds. The summed E-state index contributed by atoms with van der Waals surface area (Å²) in [7, 11) is 0. The molecule has 26 heavy (non-hydrogen) atoms. The Morgan fingerprint density at radius 2 is 2.15 bits per heavy atom. The van der Waals surface area contributed by atoms with Crippen LogP contribution in [-0.4, -0.2) is 18.4 Å². The highest BCUT2D eigenvalue weighted by atomic mass is 32.2. The summed E-state index contributed by atoms with van der Waals surface area (Å²) in [5.41, 5.74) is 1.96. The third-order valence-corrected chi connectivity index (χ3v) is 4.76. The lowest BCUT2D eigenvalue weighted by molar-refractivity contribution is 0.455. The van der Waals surface area contributed by atoms with E-state index in [0.717, 1.165) is 11.3 Å². The maximum absolute atomic E-state index is 11.8. The molecule has 3 rings (SSSR count). The van der Waals surface area contributed by atoms with Gasteiger partial charge in [0.1, 0.15) is 17.6 Å². The Balaban J connectivity index is 1.95. The van der Waals surface area contributed by atoms with E-state index in [2.05, 4.69) is 32.9 Å². The van der Waals surface area contributed by atoms with Gasteiger partial charge in [-0.3, -0.25) is 0 Å². The first-order valence-corrected chi connectivity index (χ1v) is 9.57. The van der Waals surface area contributed by atoms with Crippen LogP contribution in [0.5, 0.6) is 5.75 Å². The molecule has 2 heterocycles. The minimum Gasteiger partial charge on any atom is -0.548 e. The molecule has 0 saturated carbocycles. The lowest BCUT2D eigenvalue weighted by Crippen LogP contribution is -2.11. The number of H-pyrrole nitrogens is 1. The van der Waals surface area contributed by atoms with Gasteiger partial charge in [-0.25, -0.2) is 4.99 Å². The fourth-order valence-corrected chi connectivity index (χ4v) is 3.17.